The number of benzene rings is 2. The molecule has 0 spiro atoms. The van der Waals surface area contributed by atoms with E-state index in [1.54, 1.807) is 0 Å². The smallest absolute Gasteiger partial charge is 0.252 e. The summed E-state index contributed by atoms with van der Waals surface area (Å²) in [5.74, 6) is -0.0371. The molecule has 2 heterocycles. The van der Waals surface area contributed by atoms with Gasteiger partial charge in [-0.1, -0.05) is 36.4 Å². The standard InChI is InChI=1S/C20H20N4O/c25-20(22-10-5-12-24-13-11-21-14-24)19-15-6-1-3-8-17(15)23-18-9-4-2-7-16(18)19/h1-4,6-9,11,13,21H,5,10,12,14H2,(H,22,25). The molecule has 1 amide bonds. The molecule has 0 bridgehead atoms. The maximum absolute atomic E-state index is 12.9. The van der Waals surface area contributed by atoms with Gasteiger partial charge in [0.1, 0.15) is 0 Å². The molecule has 5 nitrogen and oxygen atoms in total. The lowest BCUT2D eigenvalue weighted by Gasteiger charge is -2.15. The summed E-state index contributed by atoms with van der Waals surface area (Å²) in [4.78, 5) is 19.7. The second kappa shape index (κ2) is 6.81. The average molecular weight is 332 g/mol. The molecule has 1 aliphatic heterocycles. The van der Waals surface area contributed by atoms with Gasteiger partial charge in [0.15, 0.2) is 0 Å². The highest BCUT2D eigenvalue weighted by atomic mass is 16.1. The molecule has 0 fully saturated rings. The maximum Gasteiger partial charge on any atom is 0.252 e. The number of nitrogens with one attached hydrogen (secondary N) is 2. The van der Waals surface area contributed by atoms with Crippen LogP contribution in [-0.4, -0.2) is 35.5 Å². The quantitative estimate of drug-likeness (QED) is 0.557. The Hall–Kier alpha value is -3.08. The van der Waals surface area contributed by atoms with Gasteiger partial charge in [0.2, 0.25) is 0 Å². The molecule has 1 aliphatic rings. The SMILES string of the molecule is O=C(NCCCN1C=CNC1)c1c2ccccc2nc2ccccc12. The average Bonchev–Trinajstić information content (AvgIpc) is 3.16. The van der Waals surface area contributed by atoms with E-state index in [-0.39, 0.29) is 5.91 Å². The number of hydrogen-bond donors (Lipinski definition) is 2. The second-order valence-corrected chi connectivity index (χ2v) is 6.12. The summed E-state index contributed by atoms with van der Waals surface area (Å²) in [5.41, 5.74) is 2.41. The van der Waals surface area contributed by atoms with Crippen LogP contribution < -0.4 is 10.6 Å². The Labute approximate surface area is 146 Å². The van der Waals surface area contributed by atoms with Crippen LogP contribution in [0.25, 0.3) is 21.8 Å². The van der Waals surface area contributed by atoms with E-state index in [9.17, 15) is 4.79 Å². The summed E-state index contributed by atoms with van der Waals surface area (Å²) in [6, 6.07) is 15.6. The van der Waals surface area contributed by atoms with Gasteiger partial charge >= 0.3 is 0 Å². The minimum Gasteiger partial charge on any atom is -0.373 e. The van der Waals surface area contributed by atoms with Gasteiger partial charge in [-0.15, -0.1) is 0 Å². The van der Waals surface area contributed by atoms with Crippen molar-refractivity contribution in [1.29, 1.82) is 0 Å². The van der Waals surface area contributed by atoms with Gasteiger partial charge in [-0.05, 0) is 18.6 Å². The first kappa shape index (κ1) is 15.4. The van der Waals surface area contributed by atoms with Crippen molar-refractivity contribution in [3.8, 4) is 0 Å². The van der Waals surface area contributed by atoms with E-state index < -0.39 is 0 Å². The molecule has 126 valence electrons. The molecule has 3 aromatic rings. The summed E-state index contributed by atoms with van der Waals surface area (Å²) >= 11 is 0. The predicted molar refractivity (Wildman–Crippen MR) is 100 cm³/mol. The number of nitrogens with zero attached hydrogens (tertiary/aromatic N) is 2. The molecule has 2 N–H and O–H groups in total. The first-order valence-electron chi connectivity index (χ1n) is 8.53. The molecule has 0 aliphatic carbocycles. The zero-order valence-electron chi connectivity index (χ0n) is 13.9. The van der Waals surface area contributed by atoms with Gasteiger partial charge in [-0.2, -0.15) is 0 Å². The lowest BCUT2D eigenvalue weighted by Crippen LogP contribution is -2.29. The van der Waals surface area contributed by atoms with Crippen molar-refractivity contribution in [2.75, 3.05) is 19.8 Å². The Morgan fingerprint density at radius 3 is 2.40 bits per heavy atom. The van der Waals surface area contributed by atoms with Crippen LogP contribution in [0.15, 0.2) is 60.9 Å². The molecule has 5 heteroatoms. The number of rotatable bonds is 5. The van der Waals surface area contributed by atoms with Crippen molar-refractivity contribution in [2.45, 2.75) is 6.42 Å². The number of amides is 1. The van der Waals surface area contributed by atoms with E-state index >= 15 is 0 Å². The minimum absolute atomic E-state index is 0.0371. The number of para-hydroxylation sites is 2. The van der Waals surface area contributed by atoms with Crippen molar-refractivity contribution in [3.63, 3.8) is 0 Å². The van der Waals surface area contributed by atoms with Crippen molar-refractivity contribution in [2.24, 2.45) is 0 Å². The monoisotopic (exact) mass is 332 g/mol. The van der Waals surface area contributed by atoms with E-state index in [1.165, 1.54) is 0 Å². The van der Waals surface area contributed by atoms with Crippen LogP contribution in [0.5, 0.6) is 0 Å². The van der Waals surface area contributed by atoms with E-state index in [0.29, 0.717) is 12.1 Å². The normalized spacial score (nSPS) is 13.4. The topological polar surface area (TPSA) is 57.3 Å². The van der Waals surface area contributed by atoms with Gasteiger partial charge < -0.3 is 15.5 Å². The highest BCUT2D eigenvalue weighted by Gasteiger charge is 2.15. The third kappa shape index (κ3) is 3.13. The number of hydrogen-bond acceptors (Lipinski definition) is 4. The Kier molecular flexibility index (Phi) is 4.21. The molecular weight excluding hydrogens is 312 g/mol. The number of carbonyl (C=O) groups is 1. The predicted octanol–water partition coefficient (Wildman–Crippen LogP) is 2.84. The molecule has 0 radical (unpaired) electrons. The molecule has 4 rings (SSSR count). The third-order valence-corrected chi connectivity index (χ3v) is 4.42. The van der Waals surface area contributed by atoms with Crippen molar-refractivity contribution < 1.29 is 4.79 Å². The number of fused-ring (bicyclic) bond motifs is 2. The lowest BCUT2D eigenvalue weighted by atomic mass is 10.0. The molecule has 0 atom stereocenters. The van der Waals surface area contributed by atoms with E-state index in [1.807, 2.05) is 60.9 Å². The largest absolute Gasteiger partial charge is 0.373 e. The highest BCUT2D eigenvalue weighted by molar-refractivity contribution is 6.16. The van der Waals surface area contributed by atoms with Crippen molar-refractivity contribution >= 4 is 27.7 Å². The summed E-state index contributed by atoms with van der Waals surface area (Å²) in [6.45, 7) is 2.41. The van der Waals surface area contributed by atoms with Gasteiger partial charge in [0, 0.05) is 36.3 Å². The fourth-order valence-corrected chi connectivity index (χ4v) is 3.19. The number of carbonyl (C=O) groups excluding carboxylic acids is 1. The van der Waals surface area contributed by atoms with Gasteiger partial charge in [-0.3, -0.25) is 4.79 Å². The number of aromatic nitrogens is 1. The Bertz CT molecular complexity index is 897. The molecule has 2 aromatic carbocycles. The van der Waals surface area contributed by atoms with Crippen LogP contribution >= 0.6 is 0 Å². The Morgan fingerprint density at radius 1 is 1.08 bits per heavy atom. The fourth-order valence-electron chi connectivity index (χ4n) is 3.19. The molecule has 25 heavy (non-hydrogen) atoms. The van der Waals surface area contributed by atoms with Crippen LogP contribution in [0.3, 0.4) is 0 Å². The summed E-state index contributed by atoms with van der Waals surface area (Å²) in [6.07, 6.45) is 4.87. The molecule has 0 saturated heterocycles. The second-order valence-electron chi connectivity index (χ2n) is 6.12. The maximum atomic E-state index is 12.9. The van der Waals surface area contributed by atoms with Gasteiger partial charge in [0.25, 0.3) is 5.91 Å². The van der Waals surface area contributed by atoms with Crippen molar-refractivity contribution in [1.82, 2.24) is 20.5 Å². The lowest BCUT2D eigenvalue weighted by molar-refractivity contribution is 0.0955. The zero-order chi connectivity index (χ0) is 17.1. The van der Waals surface area contributed by atoms with E-state index in [0.717, 1.165) is 41.4 Å². The van der Waals surface area contributed by atoms with E-state index in [4.69, 9.17) is 0 Å². The molecule has 0 unspecified atom stereocenters. The summed E-state index contributed by atoms with van der Waals surface area (Å²) in [7, 11) is 0. The number of pyridine rings is 1. The summed E-state index contributed by atoms with van der Waals surface area (Å²) in [5, 5.41) is 8.00. The first-order chi connectivity index (χ1) is 12.3. The van der Waals surface area contributed by atoms with Crippen LogP contribution in [0.1, 0.15) is 16.8 Å². The van der Waals surface area contributed by atoms with E-state index in [2.05, 4.69) is 20.5 Å². The fraction of sp³-hybridized carbons (Fsp3) is 0.200. The van der Waals surface area contributed by atoms with Gasteiger partial charge in [0.05, 0.1) is 23.3 Å². The Morgan fingerprint density at radius 2 is 1.76 bits per heavy atom. The molecule has 0 saturated carbocycles. The molecule has 1 aromatic heterocycles. The minimum atomic E-state index is -0.0371. The Balaban J connectivity index is 1.57. The van der Waals surface area contributed by atoms with Crippen LogP contribution in [0, 0.1) is 0 Å². The van der Waals surface area contributed by atoms with Crippen LogP contribution in [-0.2, 0) is 0 Å². The highest BCUT2D eigenvalue weighted by Crippen LogP contribution is 2.25. The first-order valence-corrected chi connectivity index (χ1v) is 8.53. The van der Waals surface area contributed by atoms with Crippen LogP contribution in [0.2, 0.25) is 0 Å². The summed E-state index contributed by atoms with van der Waals surface area (Å²) < 4.78 is 0. The zero-order valence-corrected chi connectivity index (χ0v) is 13.9. The van der Waals surface area contributed by atoms with Crippen molar-refractivity contribution in [3.05, 3.63) is 66.5 Å². The van der Waals surface area contributed by atoms with Gasteiger partial charge in [-0.25, -0.2) is 4.98 Å². The van der Waals surface area contributed by atoms with Crippen LogP contribution in [0.4, 0.5) is 0 Å². The molecular formula is C20H20N4O. The third-order valence-electron chi connectivity index (χ3n) is 4.42.